The third-order valence-electron chi connectivity index (χ3n) is 2.62. The second-order valence-electron chi connectivity index (χ2n) is 3.76. The Hall–Kier alpha value is -1.04. The highest BCUT2D eigenvalue weighted by Crippen LogP contribution is 2.05. The molecule has 0 bridgehead atoms. The Kier molecular flexibility index (Phi) is 4.35. The van der Waals surface area contributed by atoms with Gasteiger partial charge in [0, 0.05) is 25.0 Å². The summed E-state index contributed by atoms with van der Waals surface area (Å²) in [5.74, 6) is 1.18. The topological polar surface area (TPSA) is 13.7 Å². The molecule has 0 unspecified atom stereocenters. The van der Waals surface area contributed by atoms with Crippen molar-refractivity contribution in [1.82, 2.24) is 9.13 Å². The summed E-state index contributed by atoms with van der Waals surface area (Å²) in [5.41, 5.74) is 1.20. The van der Waals surface area contributed by atoms with Gasteiger partial charge in [0.05, 0.1) is 14.1 Å². The van der Waals surface area contributed by atoms with Gasteiger partial charge in [-0.15, -0.1) is 0 Å². The first-order valence-corrected chi connectivity index (χ1v) is 4.99. The van der Waals surface area contributed by atoms with Gasteiger partial charge in [0.25, 0.3) is 5.82 Å². The number of halogens is 1. The average Bonchev–Trinajstić information content (AvgIpc) is 2.73. The molecule has 0 aliphatic rings. The van der Waals surface area contributed by atoms with Gasteiger partial charge in [-0.25, -0.2) is 9.13 Å². The fourth-order valence-electron chi connectivity index (χ4n) is 1.64. The van der Waals surface area contributed by atoms with Gasteiger partial charge >= 0.3 is 0 Å². The van der Waals surface area contributed by atoms with E-state index in [1.54, 1.807) is 0 Å². The molecule has 0 radical (unpaired) electrons. The molecule has 0 atom stereocenters. The lowest BCUT2D eigenvalue weighted by molar-refractivity contribution is -0.672. The van der Waals surface area contributed by atoms with Crippen LogP contribution in [0.4, 0.5) is 0 Å². The molecule has 0 fully saturated rings. The Labute approximate surface area is 113 Å². The van der Waals surface area contributed by atoms with E-state index in [-0.39, 0.29) is 24.0 Å². The number of hydrogen-bond acceptors (Lipinski definition) is 0. The molecule has 2 rings (SSSR count). The minimum absolute atomic E-state index is 0. The van der Waals surface area contributed by atoms with Gasteiger partial charge in [0.2, 0.25) is 0 Å². The van der Waals surface area contributed by atoms with E-state index in [1.165, 1.54) is 11.5 Å². The first kappa shape index (κ1) is 13.0. The normalized spacial score (nSPS) is 10.7. The molecule has 4 heteroatoms. The molecule has 0 aliphatic carbocycles. The van der Waals surface area contributed by atoms with Crippen LogP contribution in [0.3, 0.4) is 0 Å². The smallest absolute Gasteiger partial charge is 0.281 e. The number of aromatic nitrogens is 3. The van der Waals surface area contributed by atoms with E-state index in [0.717, 1.165) is 0 Å². The predicted octanol–water partition coefficient (Wildman–Crippen LogP) is -1.64. The molecular formula is C12H16IN3. The molecule has 0 saturated carbocycles. The van der Waals surface area contributed by atoms with E-state index in [4.69, 9.17) is 0 Å². The summed E-state index contributed by atoms with van der Waals surface area (Å²) in [4.78, 5) is 0. The van der Waals surface area contributed by atoms with E-state index in [2.05, 4.69) is 31.9 Å². The van der Waals surface area contributed by atoms with Crippen molar-refractivity contribution in [1.29, 1.82) is 0 Å². The molecule has 0 aliphatic heterocycles. The Bertz CT molecular complexity index is 475. The lowest BCUT2D eigenvalue weighted by Gasteiger charge is -1.95. The maximum Gasteiger partial charge on any atom is 0.281 e. The van der Waals surface area contributed by atoms with Crippen LogP contribution in [0.1, 0.15) is 11.5 Å². The van der Waals surface area contributed by atoms with Crippen LogP contribution < -0.4 is 28.5 Å². The van der Waals surface area contributed by atoms with Crippen molar-refractivity contribution < 1.29 is 28.5 Å². The maximum atomic E-state index is 2.12. The fourth-order valence-corrected chi connectivity index (χ4v) is 1.64. The Balaban J connectivity index is 0.00000128. The Morgan fingerprint density at radius 1 is 1.12 bits per heavy atom. The molecule has 2 aromatic heterocycles. The summed E-state index contributed by atoms with van der Waals surface area (Å²) in [5, 5.41) is 0. The van der Waals surface area contributed by atoms with Crippen LogP contribution >= 0.6 is 0 Å². The molecular weight excluding hydrogens is 313 g/mol. The molecule has 0 spiro atoms. The molecule has 0 saturated heterocycles. The summed E-state index contributed by atoms with van der Waals surface area (Å²) in [6.45, 7) is 0. The van der Waals surface area contributed by atoms with Crippen LogP contribution in [0.25, 0.3) is 12.2 Å². The van der Waals surface area contributed by atoms with E-state index < -0.39 is 0 Å². The van der Waals surface area contributed by atoms with Crippen LogP contribution in [-0.2, 0) is 21.1 Å². The molecule has 0 N–H and O–H groups in total. The van der Waals surface area contributed by atoms with E-state index in [1.807, 2.05) is 45.8 Å². The van der Waals surface area contributed by atoms with E-state index >= 15 is 0 Å². The second kappa shape index (κ2) is 5.34. The van der Waals surface area contributed by atoms with Crippen molar-refractivity contribution in [2.24, 2.45) is 21.1 Å². The van der Waals surface area contributed by atoms with Gasteiger partial charge in [-0.05, 0) is 18.2 Å². The average molecular weight is 329 g/mol. The van der Waals surface area contributed by atoms with Gasteiger partial charge in [-0.2, -0.15) is 0 Å². The minimum atomic E-state index is 0. The Morgan fingerprint density at radius 2 is 1.88 bits per heavy atom. The first-order chi connectivity index (χ1) is 7.18. The molecule has 86 valence electrons. The summed E-state index contributed by atoms with van der Waals surface area (Å²) >= 11 is 0. The zero-order chi connectivity index (χ0) is 10.8. The minimum Gasteiger partial charge on any atom is -1.00 e. The van der Waals surface area contributed by atoms with Gasteiger partial charge in [-0.3, -0.25) is 0 Å². The number of rotatable bonds is 2. The zero-order valence-corrected chi connectivity index (χ0v) is 11.9. The number of aryl methyl sites for hydroxylation is 3. The molecule has 0 aromatic carbocycles. The van der Waals surface area contributed by atoms with Gasteiger partial charge in [0.1, 0.15) is 12.4 Å². The summed E-state index contributed by atoms with van der Waals surface area (Å²) in [6, 6.07) is 4.14. The maximum absolute atomic E-state index is 2.12. The van der Waals surface area contributed by atoms with Crippen LogP contribution in [0, 0.1) is 0 Å². The van der Waals surface area contributed by atoms with Crippen LogP contribution in [-0.4, -0.2) is 9.13 Å². The van der Waals surface area contributed by atoms with E-state index in [0.29, 0.717) is 0 Å². The zero-order valence-electron chi connectivity index (χ0n) is 9.76. The summed E-state index contributed by atoms with van der Waals surface area (Å²) in [6.07, 6.45) is 10.4. The fraction of sp³-hybridized carbons (Fsp3) is 0.250. The highest BCUT2D eigenvalue weighted by atomic mass is 127. The van der Waals surface area contributed by atoms with Crippen LogP contribution in [0.15, 0.2) is 30.7 Å². The van der Waals surface area contributed by atoms with Gasteiger partial charge in [-0.1, -0.05) is 0 Å². The van der Waals surface area contributed by atoms with Crippen LogP contribution in [0.2, 0.25) is 0 Å². The highest BCUT2D eigenvalue weighted by molar-refractivity contribution is 5.64. The largest absolute Gasteiger partial charge is 1.00 e. The molecule has 2 heterocycles. The molecule has 3 nitrogen and oxygen atoms in total. The molecule has 16 heavy (non-hydrogen) atoms. The lowest BCUT2D eigenvalue weighted by Crippen LogP contribution is -3.00. The standard InChI is InChI=1S/C12H16N3.HI/c1-13-8-4-5-11(13)6-7-12-14(2)9-10-15(12)3;/h4-10H,1-3H3;1H/q+1;/p-1. The van der Waals surface area contributed by atoms with Crippen LogP contribution in [0.5, 0.6) is 0 Å². The number of imidazole rings is 1. The number of nitrogens with zero attached hydrogens (tertiary/aromatic N) is 3. The number of hydrogen-bond donors (Lipinski definition) is 0. The molecule has 2 aromatic rings. The van der Waals surface area contributed by atoms with Crippen molar-refractivity contribution in [3.8, 4) is 0 Å². The summed E-state index contributed by atoms with van der Waals surface area (Å²) < 4.78 is 6.29. The predicted molar refractivity (Wildman–Crippen MR) is 60.9 cm³/mol. The SMILES string of the molecule is Cn1cccc1C=Cc1n(C)cc[n+]1C.[I-]. The van der Waals surface area contributed by atoms with Gasteiger partial charge < -0.3 is 28.5 Å². The van der Waals surface area contributed by atoms with Crippen molar-refractivity contribution in [3.63, 3.8) is 0 Å². The quantitative estimate of drug-likeness (QED) is 0.464. The van der Waals surface area contributed by atoms with Crippen molar-refractivity contribution >= 4 is 12.2 Å². The van der Waals surface area contributed by atoms with Crippen molar-refractivity contribution in [3.05, 3.63) is 42.2 Å². The lowest BCUT2D eigenvalue weighted by atomic mass is 10.3. The second-order valence-corrected chi connectivity index (χ2v) is 3.76. The van der Waals surface area contributed by atoms with Crippen molar-refractivity contribution in [2.75, 3.05) is 0 Å². The molecule has 0 amide bonds. The summed E-state index contributed by atoms with van der Waals surface area (Å²) in [7, 11) is 6.14. The first-order valence-electron chi connectivity index (χ1n) is 4.99. The van der Waals surface area contributed by atoms with Crippen molar-refractivity contribution in [2.45, 2.75) is 0 Å². The Morgan fingerprint density at radius 3 is 2.38 bits per heavy atom. The third-order valence-corrected chi connectivity index (χ3v) is 2.62. The third kappa shape index (κ3) is 2.55. The highest BCUT2D eigenvalue weighted by Gasteiger charge is 2.06. The monoisotopic (exact) mass is 329 g/mol. The van der Waals surface area contributed by atoms with Gasteiger partial charge in [0.15, 0.2) is 0 Å². The van der Waals surface area contributed by atoms with E-state index in [9.17, 15) is 0 Å².